The van der Waals surface area contributed by atoms with Gasteiger partial charge in [0.2, 0.25) is 0 Å². The quantitative estimate of drug-likeness (QED) is 0.640. The molecule has 0 spiro atoms. The summed E-state index contributed by atoms with van der Waals surface area (Å²) in [4.78, 5) is 4.32. The average Bonchev–Trinajstić information content (AvgIpc) is 3.20. The molecule has 3 aromatic rings. The van der Waals surface area contributed by atoms with Crippen molar-refractivity contribution in [2.75, 3.05) is 0 Å². The summed E-state index contributed by atoms with van der Waals surface area (Å²) in [6.07, 6.45) is -1.42. The van der Waals surface area contributed by atoms with Gasteiger partial charge in [0, 0.05) is 5.92 Å². The van der Waals surface area contributed by atoms with Crippen LogP contribution in [0.5, 0.6) is 0 Å². The predicted molar refractivity (Wildman–Crippen MR) is 88.0 cm³/mol. The van der Waals surface area contributed by atoms with Gasteiger partial charge in [-0.15, -0.1) is 0 Å². The summed E-state index contributed by atoms with van der Waals surface area (Å²) < 4.78 is 40.8. The van der Waals surface area contributed by atoms with Gasteiger partial charge in [0.1, 0.15) is 12.2 Å². The number of hydrogen-bond donors (Lipinski definition) is 0. The zero-order valence-corrected chi connectivity index (χ0v) is 13.7. The lowest BCUT2D eigenvalue weighted by molar-refractivity contribution is -0.137. The first-order chi connectivity index (χ1) is 12.0. The molecule has 0 N–H and O–H groups in total. The van der Waals surface area contributed by atoms with E-state index in [1.165, 1.54) is 28.7 Å². The molecule has 1 aliphatic carbocycles. The van der Waals surface area contributed by atoms with Crippen molar-refractivity contribution in [3.8, 4) is 5.69 Å². The predicted octanol–water partition coefficient (Wildman–Crippen LogP) is 5.02. The van der Waals surface area contributed by atoms with Crippen LogP contribution in [0.15, 0.2) is 48.8 Å². The number of fused-ring (bicyclic) bond motifs is 1. The Hall–Kier alpha value is -2.34. The van der Waals surface area contributed by atoms with Crippen molar-refractivity contribution in [1.82, 2.24) is 14.8 Å². The van der Waals surface area contributed by atoms with E-state index >= 15 is 0 Å². The monoisotopic (exact) mass is 363 g/mol. The van der Waals surface area contributed by atoms with Crippen LogP contribution in [-0.4, -0.2) is 14.8 Å². The fourth-order valence-electron chi connectivity index (χ4n) is 3.40. The third-order valence-corrected chi connectivity index (χ3v) is 4.93. The van der Waals surface area contributed by atoms with E-state index in [0.717, 1.165) is 24.5 Å². The lowest BCUT2D eigenvalue weighted by atomic mass is 10.0. The minimum Gasteiger partial charge on any atom is -0.219 e. The Morgan fingerprint density at radius 3 is 2.68 bits per heavy atom. The molecule has 1 heterocycles. The second-order valence-electron chi connectivity index (χ2n) is 5.96. The summed E-state index contributed by atoms with van der Waals surface area (Å²) in [5.74, 6) is 0.593. The van der Waals surface area contributed by atoms with Crippen LogP contribution in [-0.2, 0) is 12.6 Å². The summed E-state index contributed by atoms with van der Waals surface area (Å²) >= 11 is 6.06. The number of benzene rings is 2. The van der Waals surface area contributed by atoms with Crippen molar-refractivity contribution in [3.05, 3.63) is 76.3 Å². The maximum absolute atomic E-state index is 13.1. The highest BCUT2D eigenvalue weighted by Gasteiger charge is 2.35. The first-order valence-corrected chi connectivity index (χ1v) is 8.18. The van der Waals surface area contributed by atoms with Gasteiger partial charge < -0.3 is 0 Å². The number of alkyl halides is 3. The molecule has 25 heavy (non-hydrogen) atoms. The average molecular weight is 364 g/mol. The SMILES string of the molecule is FC(F)(F)c1cccc(-n2ncnc2C2CCc3ccccc32)c1Cl. The van der Waals surface area contributed by atoms with Gasteiger partial charge in [-0.1, -0.05) is 41.9 Å². The summed E-state index contributed by atoms with van der Waals surface area (Å²) in [5.41, 5.74) is 1.69. The highest BCUT2D eigenvalue weighted by atomic mass is 35.5. The molecule has 0 fully saturated rings. The molecular weight excluding hydrogens is 351 g/mol. The van der Waals surface area contributed by atoms with E-state index in [-0.39, 0.29) is 16.6 Å². The fraction of sp³-hybridized carbons (Fsp3) is 0.222. The van der Waals surface area contributed by atoms with Crippen LogP contribution in [0.3, 0.4) is 0 Å². The molecule has 1 unspecified atom stereocenters. The summed E-state index contributed by atoms with van der Waals surface area (Å²) in [7, 11) is 0. The van der Waals surface area contributed by atoms with E-state index in [4.69, 9.17) is 11.6 Å². The Morgan fingerprint density at radius 2 is 1.88 bits per heavy atom. The van der Waals surface area contributed by atoms with Crippen LogP contribution in [0.25, 0.3) is 5.69 Å². The number of halogens is 4. The molecule has 0 saturated heterocycles. The third kappa shape index (κ3) is 2.70. The number of rotatable bonds is 2. The van der Waals surface area contributed by atoms with Crippen LogP contribution in [0.2, 0.25) is 5.02 Å². The fourth-order valence-corrected chi connectivity index (χ4v) is 3.71. The number of aromatic nitrogens is 3. The molecule has 0 saturated carbocycles. The molecule has 7 heteroatoms. The number of aryl methyl sites for hydroxylation is 1. The van der Waals surface area contributed by atoms with E-state index in [1.54, 1.807) is 0 Å². The normalized spacial score (nSPS) is 16.9. The Kier molecular flexibility index (Phi) is 3.80. The van der Waals surface area contributed by atoms with Crippen molar-refractivity contribution in [1.29, 1.82) is 0 Å². The standard InChI is InChI=1S/C18H13ClF3N3/c19-16-14(18(20,21)22)6-3-7-15(16)25-17(23-10-24-25)13-9-8-11-4-1-2-5-12(11)13/h1-7,10,13H,8-9H2. The van der Waals surface area contributed by atoms with Crippen LogP contribution in [0.4, 0.5) is 13.2 Å². The van der Waals surface area contributed by atoms with Crippen LogP contribution in [0.1, 0.15) is 34.9 Å². The lowest BCUT2D eigenvalue weighted by Gasteiger charge is -2.16. The molecule has 0 aliphatic heterocycles. The Morgan fingerprint density at radius 1 is 1.08 bits per heavy atom. The Labute approximate surface area is 147 Å². The van der Waals surface area contributed by atoms with E-state index in [1.807, 2.05) is 18.2 Å². The van der Waals surface area contributed by atoms with Gasteiger partial charge >= 0.3 is 6.18 Å². The molecule has 0 radical (unpaired) electrons. The second kappa shape index (κ2) is 5.88. The summed E-state index contributed by atoms with van der Waals surface area (Å²) in [6, 6.07) is 11.8. The molecular formula is C18H13ClF3N3. The summed E-state index contributed by atoms with van der Waals surface area (Å²) in [5, 5.41) is 3.77. The molecule has 128 valence electrons. The van der Waals surface area contributed by atoms with Crippen LogP contribution in [0, 0.1) is 0 Å². The third-order valence-electron chi connectivity index (χ3n) is 4.53. The maximum Gasteiger partial charge on any atom is 0.417 e. The van der Waals surface area contributed by atoms with Gasteiger partial charge in [-0.05, 0) is 36.1 Å². The van der Waals surface area contributed by atoms with Gasteiger partial charge in [0.15, 0.2) is 0 Å². The molecule has 1 aliphatic rings. The Bertz CT molecular complexity index is 933. The van der Waals surface area contributed by atoms with Crippen molar-refractivity contribution >= 4 is 11.6 Å². The topological polar surface area (TPSA) is 30.7 Å². The minimum atomic E-state index is -4.52. The van der Waals surface area contributed by atoms with Crippen molar-refractivity contribution in [3.63, 3.8) is 0 Å². The maximum atomic E-state index is 13.1. The van der Waals surface area contributed by atoms with E-state index < -0.39 is 11.7 Å². The molecule has 3 nitrogen and oxygen atoms in total. The molecule has 1 aromatic heterocycles. The zero-order valence-electron chi connectivity index (χ0n) is 13.0. The van der Waals surface area contributed by atoms with Gasteiger partial charge in [0.25, 0.3) is 0 Å². The minimum absolute atomic E-state index is 0.00990. The van der Waals surface area contributed by atoms with Gasteiger partial charge in [-0.2, -0.15) is 18.3 Å². The highest BCUT2D eigenvalue weighted by molar-refractivity contribution is 6.33. The van der Waals surface area contributed by atoms with E-state index in [0.29, 0.717) is 5.82 Å². The number of hydrogen-bond acceptors (Lipinski definition) is 2. The van der Waals surface area contributed by atoms with Crippen LogP contribution < -0.4 is 0 Å². The molecule has 1 atom stereocenters. The highest BCUT2D eigenvalue weighted by Crippen LogP contribution is 2.40. The van der Waals surface area contributed by atoms with Crippen molar-refractivity contribution in [2.45, 2.75) is 24.9 Å². The summed E-state index contributed by atoms with van der Waals surface area (Å²) in [6.45, 7) is 0. The Balaban J connectivity index is 1.82. The van der Waals surface area contributed by atoms with Crippen molar-refractivity contribution < 1.29 is 13.2 Å². The van der Waals surface area contributed by atoms with E-state index in [9.17, 15) is 13.2 Å². The van der Waals surface area contributed by atoms with Gasteiger partial charge in [-0.25, -0.2) is 9.67 Å². The number of nitrogens with zero attached hydrogens (tertiary/aromatic N) is 3. The molecule has 2 aromatic carbocycles. The molecule has 4 rings (SSSR count). The van der Waals surface area contributed by atoms with Crippen molar-refractivity contribution in [2.24, 2.45) is 0 Å². The van der Waals surface area contributed by atoms with Gasteiger partial charge in [-0.3, -0.25) is 0 Å². The first-order valence-electron chi connectivity index (χ1n) is 7.80. The molecule has 0 bridgehead atoms. The smallest absolute Gasteiger partial charge is 0.219 e. The zero-order chi connectivity index (χ0) is 17.6. The first kappa shape index (κ1) is 16.1. The van der Waals surface area contributed by atoms with Crippen LogP contribution >= 0.6 is 11.6 Å². The molecule has 0 amide bonds. The second-order valence-corrected chi connectivity index (χ2v) is 6.33. The lowest BCUT2D eigenvalue weighted by Crippen LogP contribution is -2.12. The van der Waals surface area contributed by atoms with Gasteiger partial charge in [0.05, 0.1) is 16.3 Å². The largest absolute Gasteiger partial charge is 0.417 e. The van der Waals surface area contributed by atoms with E-state index in [2.05, 4.69) is 16.1 Å².